The summed E-state index contributed by atoms with van der Waals surface area (Å²) in [4.78, 5) is 15.8. The molecular formula is C18H22FN3O2. The van der Waals surface area contributed by atoms with Gasteiger partial charge in [-0.05, 0) is 36.4 Å². The summed E-state index contributed by atoms with van der Waals surface area (Å²) in [6.07, 6.45) is 1.66. The van der Waals surface area contributed by atoms with Gasteiger partial charge >= 0.3 is 0 Å². The van der Waals surface area contributed by atoms with Gasteiger partial charge in [0, 0.05) is 45.3 Å². The Morgan fingerprint density at radius 2 is 1.92 bits per heavy atom. The van der Waals surface area contributed by atoms with Crippen LogP contribution in [-0.2, 0) is 4.79 Å². The van der Waals surface area contributed by atoms with Gasteiger partial charge in [-0.15, -0.1) is 0 Å². The van der Waals surface area contributed by atoms with Gasteiger partial charge in [0.1, 0.15) is 11.6 Å². The van der Waals surface area contributed by atoms with Crippen LogP contribution in [0, 0.1) is 5.82 Å². The third kappa shape index (κ3) is 3.94. The molecule has 6 heteroatoms. The second-order valence-electron chi connectivity index (χ2n) is 5.97. The largest absolute Gasteiger partial charge is 0.468 e. The molecule has 1 aromatic carbocycles. The van der Waals surface area contributed by atoms with Crippen LogP contribution in [0.2, 0.25) is 0 Å². The summed E-state index contributed by atoms with van der Waals surface area (Å²) in [5.41, 5.74) is 1.03. The molecule has 1 N–H and O–H groups in total. The molecule has 0 radical (unpaired) electrons. The second-order valence-corrected chi connectivity index (χ2v) is 5.97. The highest BCUT2D eigenvalue weighted by Gasteiger charge is 2.27. The Hall–Kier alpha value is -2.34. The maximum Gasteiger partial charge on any atom is 0.216 e. The van der Waals surface area contributed by atoms with E-state index in [0.717, 1.165) is 37.6 Å². The number of anilines is 1. The fourth-order valence-corrected chi connectivity index (χ4v) is 3.07. The molecule has 1 aromatic heterocycles. The third-order valence-electron chi connectivity index (χ3n) is 4.36. The molecule has 2 aromatic rings. The summed E-state index contributed by atoms with van der Waals surface area (Å²) < 4.78 is 18.6. The first kappa shape index (κ1) is 16.5. The van der Waals surface area contributed by atoms with Gasteiger partial charge in [0.25, 0.3) is 0 Å². The van der Waals surface area contributed by atoms with Gasteiger partial charge in [0.15, 0.2) is 0 Å². The average molecular weight is 331 g/mol. The van der Waals surface area contributed by atoms with Crippen molar-refractivity contribution in [3.8, 4) is 0 Å². The molecule has 1 atom stereocenters. The second kappa shape index (κ2) is 7.49. The number of amides is 1. The van der Waals surface area contributed by atoms with Crippen molar-refractivity contribution in [1.29, 1.82) is 0 Å². The molecule has 1 aliphatic rings. The Kier molecular flexibility index (Phi) is 5.15. The van der Waals surface area contributed by atoms with Crippen molar-refractivity contribution in [1.82, 2.24) is 10.2 Å². The highest BCUT2D eigenvalue weighted by molar-refractivity contribution is 5.72. The van der Waals surface area contributed by atoms with E-state index in [1.807, 2.05) is 24.3 Å². The Bertz CT molecular complexity index is 649. The maximum absolute atomic E-state index is 13.1. The number of carbonyl (C=O) groups excluding carboxylic acids is 1. The zero-order valence-corrected chi connectivity index (χ0v) is 13.7. The van der Waals surface area contributed by atoms with Crippen molar-refractivity contribution >= 4 is 11.6 Å². The lowest BCUT2D eigenvalue weighted by Gasteiger charge is -2.39. The number of nitrogens with one attached hydrogen (secondary N) is 1. The summed E-state index contributed by atoms with van der Waals surface area (Å²) in [6, 6.07) is 10.4. The number of nitrogens with zero attached hydrogens (tertiary/aromatic N) is 2. The summed E-state index contributed by atoms with van der Waals surface area (Å²) in [5.74, 6) is 0.598. The van der Waals surface area contributed by atoms with E-state index in [4.69, 9.17) is 4.42 Å². The zero-order valence-electron chi connectivity index (χ0n) is 13.7. The van der Waals surface area contributed by atoms with E-state index in [-0.39, 0.29) is 17.8 Å². The maximum atomic E-state index is 13.1. The molecule has 1 amide bonds. The number of piperazine rings is 1. The number of furan rings is 1. The van der Waals surface area contributed by atoms with E-state index in [9.17, 15) is 9.18 Å². The van der Waals surface area contributed by atoms with Crippen LogP contribution in [0.5, 0.6) is 0 Å². The Balaban J connectivity index is 1.64. The van der Waals surface area contributed by atoms with E-state index in [1.54, 1.807) is 6.26 Å². The van der Waals surface area contributed by atoms with Gasteiger partial charge in [-0.1, -0.05) is 0 Å². The molecule has 128 valence electrons. The Morgan fingerprint density at radius 1 is 1.21 bits per heavy atom. The van der Waals surface area contributed by atoms with Crippen molar-refractivity contribution < 1.29 is 13.6 Å². The summed E-state index contributed by atoms with van der Waals surface area (Å²) in [6.45, 7) is 5.45. The minimum absolute atomic E-state index is 0.0271. The van der Waals surface area contributed by atoms with Gasteiger partial charge in [-0.25, -0.2) is 4.39 Å². The van der Waals surface area contributed by atoms with Gasteiger partial charge in [0.2, 0.25) is 5.91 Å². The number of halogens is 1. The van der Waals surface area contributed by atoms with Crippen molar-refractivity contribution in [2.24, 2.45) is 0 Å². The van der Waals surface area contributed by atoms with Gasteiger partial charge in [-0.3, -0.25) is 9.69 Å². The summed E-state index contributed by atoms with van der Waals surface area (Å²) in [7, 11) is 0. The molecule has 1 saturated heterocycles. The van der Waals surface area contributed by atoms with Crippen LogP contribution in [0.1, 0.15) is 18.7 Å². The predicted molar refractivity (Wildman–Crippen MR) is 90.3 cm³/mol. The fourth-order valence-electron chi connectivity index (χ4n) is 3.07. The smallest absolute Gasteiger partial charge is 0.216 e. The third-order valence-corrected chi connectivity index (χ3v) is 4.36. The van der Waals surface area contributed by atoms with Gasteiger partial charge in [0.05, 0.1) is 12.3 Å². The van der Waals surface area contributed by atoms with Crippen LogP contribution in [-0.4, -0.2) is 43.5 Å². The van der Waals surface area contributed by atoms with Gasteiger partial charge < -0.3 is 14.6 Å². The van der Waals surface area contributed by atoms with Crippen LogP contribution >= 0.6 is 0 Å². The lowest BCUT2D eigenvalue weighted by molar-refractivity contribution is -0.119. The SMILES string of the molecule is CC(=O)NCC(c1ccco1)N1CCN(c2ccc(F)cc2)CC1. The fraction of sp³-hybridized carbons (Fsp3) is 0.389. The molecule has 5 nitrogen and oxygen atoms in total. The summed E-state index contributed by atoms with van der Waals surface area (Å²) in [5, 5.41) is 2.88. The molecule has 3 rings (SSSR count). The standard InChI is InChI=1S/C18H22FN3O2/c1-14(23)20-13-17(18-3-2-12-24-18)22-10-8-21(9-11-22)16-6-4-15(19)5-7-16/h2-7,12,17H,8-11,13H2,1H3,(H,20,23). The van der Waals surface area contributed by atoms with Crippen LogP contribution in [0.3, 0.4) is 0 Å². The van der Waals surface area contributed by atoms with Crippen molar-refractivity contribution in [3.05, 3.63) is 54.2 Å². The Morgan fingerprint density at radius 3 is 2.50 bits per heavy atom. The number of benzene rings is 1. The quantitative estimate of drug-likeness (QED) is 0.914. The van der Waals surface area contributed by atoms with Crippen LogP contribution in [0.4, 0.5) is 10.1 Å². The van der Waals surface area contributed by atoms with E-state index >= 15 is 0 Å². The minimum Gasteiger partial charge on any atom is -0.468 e. The topological polar surface area (TPSA) is 48.7 Å². The predicted octanol–water partition coefficient (Wildman–Crippen LogP) is 2.42. The van der Waals surface area contributed by atoms with E-state index in [2.05, 4.69) is 15.1 Å². The molecular weight excluding hydrogens is 309 g/mol. The molecule has 0 spiro atoms. The van der Waals surface area contributed by atoms with Crippen LogP contribution < -0.4 is 10.2 Å². The first-order valence-corrected chi connectivity index (χ1v) is 8.16. The van der Waals surface area contributed by atoms with E-state index in [1.165, 1.54) is 19.1 Å². The molecule has 1 fully saturated rings. The van der Waals surface area contributed by atoms with E-state index < -0.39 is 0 Å². The van der Waals surface area contributed by atoms with Crippen molar-refractivity contribution in [2.75, 3.05) is 37.6 Å². The Labute approximate surface area is 141 Å². The number of hydrogen-bond acceptors (Lipinski definition) is 4. The zero-order chi connectivity index (χ0) is 16.9. The van der Waals surface area contributed by atoms with E-state index in [0.29, 0.717) is 6.54 Å². The van der Waals surface area contributed by atoms with Crippen LogP contribution in [0.25, 0.3) is 0 Å². The number of hydrogen-bond donors (Lipinski definition) is 1. The normalized spacial score (nSPS) is 16.8. The highest BCUT2D eigenvalue weighted by atomic mass is 19.1. The van der Waals surface area contributed by atoms with Crippen molar-refractivity contribution in [3.63, 3.8) is 0 Å². The van der Waals surface area contributed by atoms with Gasteiger partial charge in [-0.2, -0.15) is 0 Å². The first-order chi connectivity index (χ1) is 11.6. The molecule has 24 heavy (non-hydrogen) atoms. The lowest BCUT2D eigenvalue weighted by Crippen LogP contribution is -2.49. The monoisotopic (exact) mass is 331 g/mol. The first-order valence-electron chi connectivity index (χ1n) is 8.16. The average Bonchev–Trinajstić information content (AvgIpc) is 3.10. The molecule has 0 bridgehead atoms. The number of rotatable bonds is 5. The highest BCUT2D eigenvalue weighted by Crippen LogP contribution is 2.24. The lowest BCUT2D eigenvalue weighted by atomic mass is 10.1. The molecule has 1 aliphatic heterocycles. The molecule has 2 heterocycles. The molecule has 0 saturated carbocycles. The summed E-state index contributed by atoms with van der Waals surface area (Å²) >= 11 is 0. The number of carbonyl (C=O) groups is 1. The molecule has 0 aliphatic carbocycles. The minimum atomic E-state index is -0.217. The molecule has 1 unspecified atom stereocenters. The van der Waals surface area contributed by atoms with Crippen LogP contribution in [0.15, 0.2) is 47.1 Å². The van der Waals surface area contributed by atoms with Crippen molar-refractivity contribution in [2.45, 2.75) is 13.0 Å².